The summed E-state index contributed by atoms with van der Waals surface area (Å²) >= 11 is 3.26. The van der Waals surface area contributed by atoms with Gasteiger partial charge in [0.15, 0.2) is 0 Å². The zero-order chi connectivity index (χ0) is 17.3. The van der Waals surface area contributed by atoms with E-state index in [0.29, 0.717) is 17.4 Å². The number of nitrogens with zero attached hydrogens (tertiary/aromatic N) is 1. The molecule has 1 unspecified atom stereocenters. The standard InChI is InChI=1S/C17H17BrN2O3S/c1-12-5-7-14(8-6-12)20-10-9-16(17(20)21)19-24(22,23)15-4-2-3-13(18)11-15/h2-8,11,16,19H,9-10H2,1H3. The van der Waals surface area contributed by atoms with Gasteiger partial charge in [-0.2, -0.15) is 4.72 Å². The minimum Gasteiger partial charge on any atom is -0.311 e. The molecular weight excluding hydrogens is 392 g/mol. The van der Waals surface area contributed by atoms with Crippen molar-refractivity contribution in [3.05, 3.63) is 58.6 Å². The first-order chi connectivity index (χ1) is 11.4. The molecule has 0 saturated carbocycles. The summed E-state index contributed by atoms with van der Waals surface area (Å²) in [6, 6.07) is 13.3. The lowest BCUT2D eigenvalue weighted by Gasteiger charge is -2.17. The molecule has 1 aliphatic heterocycles. The molecule has 1 N–H and O–H groups in total. The molecule has 1 atom stereocenters. The maximum atomic E-state index is 12.6. The Labute approximate surface area is 149 Å². The number of benzene rings is 2. The van der Waals surface area contributed by atoms with E-state index >= 15 is 0 Å². The van der Waals surface area contributed by atoms with Gasteiger partial charge in [-0.15, -0.1) is 0 Å². The van der Waals surface area contributed by atoms with E-state index in [4.69, 9.17) is 0 Å². The Balaban J connectivity index is 1.77. The predicted octanol–water partition coefficient (Wildman–Crippen LogP) is 2.84. The van der Waals surface area contributed by atoms with Crippen molar-refractivity contribution in [2.45, 2.75) is 24.3 Å². The van der Waals surface area contributed by atoms with Gasteiger partial charge in [-0.1, -0.05) is 39.7 Å². The molecule has 0 aromatic heterocycles. The van der Waals surface area contributed by atoms with Crippen molar-refractivity contribution >= 4 is 37.5 Å². The molecule has 1 heterocycles. The lowest BCUT2D eigenvalue weighted by atomic mass is 10.2. The van der Waals surface area contributed by atoms with Crippen molar-refractivity contribution in [1.29, 1.82) is 0 Å². The zero-order valence-corrected chi connectivity index (χ0v) is 15.5. The molecule has 5 nitrogen and oxygen atoms in total. The second-order valence-corrected chi connectivity index (χ2v) is 8.38. The van der Waals surface area contributed by atoms with Gasteiger partial charge in [0, 0.05) is 16.7 Å². The van der Waals surface area contributed by atoms with Crippen molar-refractivity contribution in [2.24, 2.45) is 0 Å². The van der Waals surface area contributed by atoms with Gasteiger partial charge in [-0.05, 0) is 43.7 Å². The van der Waals surface area contributed by atoms with Crippen molar-refractivity contribution < 1.29 is 13.2 Å². The molecule has 1 fully saturated rings. The van der Waals surface area contributed by atoms with Crippen LogP contribution in [0.25, 0.3) is 0 Å². The first-order valence-corrected chi connectivity index (χ1v) is 9.80. The molecule has 2 aromatic carbocycles. The zero-order valence-electron chi connectivity index (χ0n) is 13.1. The van der Waals surface area contributed by atoms with Gasteiger partial charge in [0.1, 0.15) is 6.04 Å². The van der Waals surface area contributed by atoms with Crippen LogP contribution >= 0.6 is 15.9 Å². The molecule has 0 aliphatic carbocycles. The molecule has 126 valence electrons. The van der Waals surface area contributed by atoms with Gasteiger partial charge >= 0.3 is 0 Å². The van der Waals surface area contributed by atoms with Crippen LogP contribution in [0.2, 0.25) is 0 Å². The number of halogens is 1. The monoisotopic (exact) mass is 408 g/mol. The molecule has 0 bridgehead atoms. The molecule has 3 rings (SSSR count). The Kier molecular flexibility index (Phi) is 4.76. The van der Waals surface area contributed by atoms with Crippen LogP contribution in [0.15, 0.2) is 57.9 Å². The first-order valence-electron chi connectivity index (χ1n) is 7.53. The summed E-state index contributed by atoms with van der Waals surface area (Å²) < 4.78 is 28.1. The minimum atomic E-state index is -3.74. The van der Waals surface area contributed by atoms with Gasteiger partial charge < -0.3 is 4.90 Å². The third-order valence-corrected chi connectivity index (χ3v) is 5.92. The molecule has 0 spiro atoms. The highest BCUT2D eigenvalue weighted by molar-refractivity contribution is 9.10. The topological polar surface area (TPSA) is 66.5 Å². The number of anilines is 1. The summed E-state index contributed by atoms with van der Waals surface area (Å²) in [5.41, 5.74) is 1.90. The van der Waals surface area contributed by atoms with E-state index in [-0.39, 0.29) is 10.8 Å². The third-order valence-electron chi connectivity index (χ3n) is 3.95. The second-order valence-electron chi connectivity index (χ2n) is 5.75. The maximum Gasteiger partial charge on any atom is 0.245 e. The highest BCUT2D eigenvalue weighted by Crippen LogP contribution is 2.23. The van der Waals surface area contributed by atoms with Crippen molar-refractivity contribution in [3.63, 3.8) is 0 Å². The summed E-state index contributed by atoms with van der Waals surface area (Å²) in [7, 11) is -3.74. The van der Waals surface area contributed by atoms with Crippen LogP contribution in [0, 0.1) is 6.92 Å². The van der Waals surface area contributed by atoms with Crippen LogP contribution in [0.5, 0.6) is 0 Å². The van der Waals surface area contributed by atoms with E-state index in [2.05, 4.69) is 20.7 Å². The number of hydrogen-bond donors (Lipinski definition) is 1. The molecule has 1 aliphatic rings. The Morgan fingerprint density at radius 1 is 1.17 bits per heavy atom. The fourth-order valence-corrected chi connectivity index (χ4v) is 4.48. The van der Waals surface area contributed by atoms with Gasteiger partial charge in [-0.3, -0.25) is 4.79 Å². The Morgan fingerprint density at radius 3 is 2.54 bits per heavy atom. The number of nitrogens with one attached hydrogen (secondary N) is 1. The molecular formula is C17H17BrN2O3S. The Hall–Kier alpha value is -1.70. The number of hydrogen-bond acceptors (Lipinski definition) is 3. The van der Waals surface area contributed by atoms with Gasteiger partial charge in [-0.25, -0.2) is 8.42 Å². The molecule has 7 heteroatoms. The van der Waals surface area contributed by atoms with Crippen LogP contribution in [-0.2, 0) is 14.8 Å². The third kappa shape index (κ3) is 3.53. The van der Waals surface area contributed by atoms with Crippen LogP contribution in [0.4, 0.5) is 5.69 Å². The molecule has 0 radical (unpaired) electrons. The number of aryl methyl sites for hydroxylation is 1. The molecule has 1 saturated heterocycles. The average molecular weight is 409 g/mol. The van der Waals surface area contributed by atoms with Crippen LogP contribution in [0.1, 0.15) is 12.0 Å². The number of carbonyl (C=O) groups is 1. The van der Waals surface area contributed by atoms with Crippen molar-refractivity contribution in [3.8, 4) is 0 Å². The number of carbonyl (C=O) groups excluding carboxylic acids is 1. The summed E-state index contributed by atoms with van der Waals surface area (Å²) in [6.45, 7) is 2.47. The highest BCUT2D eigenvalue weighted by atomic mass is 79.9. The first kappa shape index (κ1) is 17.1. The van der Waals surface area contributed by atoms with Crippen molar-refractivity contribution in [2.75, 3.05) is 11.4 Å². The van der Waals surface area contributed by atoms with Gasteiger partial charge in [0.05, 0.1) is 4.90 Å². The number of rotatable bonds is 4. The predicted molar refractivity (Wildman–Crippen MR) is 96.4 cm³/mol. The molecule has 2 aromatic rings. The van der Waals surface area contributed by atoms with E-state index < -0.39 is 16.1 Å². The normalized spacial score (nSPS) is 18.2. The lowest BCUT2D eigenvalue weighted by molar-refractivity contribution is -0.118. The summed E-state index contributed by atoms with van der Waals surface area (Å²) in [4.78, 5) is 14.3. The number of amides is 1. The summed E-state index contributed by atoms with van der Waals surface area (Å²) in [6.07, 6.45) is 0.444. The lowest BCUT2D eigenvalue weighted by Crippen LogP contribution is -2.41. The second kappa shape index (κ2) is 6.66. The van der Waals surface area contributed by atoms with Gasteiger partial charge in [0.2, 0.25) is 15.9 Å². The van der Waals surface area contributed by atoms with Gasteiger partial charge in [0.25, 0.3) is 0 Å². The fraction of sp³-hybridized carbons (Fsp3) is 0.235. The SMILES string of the molecule is Cc1ccc(N2CCC(NS(=O)(=O)c3cccc(Br)c3)C2=O)cc1. The summed E-state index contributed by atoms with van der Waals surface area (Å²) in [5.74, 6) is -0.225. The quantitative estimate of drug-likeness (QED) is 0.845. The smallest absolute Gasteiger partial charge is 0.245 e. The average Bonchev–Trinajstić information content (AvgIpc) is 2.89. The Morgan fingerprint density at radius 2 is 1.88 bits per heavy atom. The fourth-order valence-electron chi connectivity index (χ4n) is 2.66. The van der Waals surface area contributed by atoms with Crippen LogP contribution < -0.4 is 9.62 Å². The Bertz CT molecular complexity index is 866. The number of sulfonamides is 1. The van der Waals surface area contributed by atoms with E-state index in [0.717, 1.165) is 11.3 Å². The van der Waals surface area contributed by atoms with E-state index in [1.807, 2.05) is 31.2 Å². The van der Waals surface area contributed by atoms with Crippen LogP contribution in [-0.4, -0.2) is 26.9 Å². The minimum absolute atomic E-state index is 0.137. The molecule has 24 heavy (non-hydrogen) atoms. The summed E-state index contributed by atoms with van der Waals surface area (Å²) in [5, 5.41) is 0. The van der Waals surface area contributed by atoms with E-state index in [1.165, 1.54) is 12.1 Å². The van der Waals surface area contributed by atoms with Crippen LogP contribution in [0.3, 0.4) is 0 Å². The van der Waals surface area contributed by atoms with Crippen molar-refractivity contribution in [1.82, 2.24) is 4.72 Å². The maximum absolute atomic E-state index is 12.6. The molecule has 1 amide bonds. The highest BCUT2D eigenvalue weighted by Gasteiger charge is 2.35. The van der Waals surface area contributed by atoms with E-state index in [1.54, 1.807) is 17.0 Å². The largest absolute Gasteiger partial charge is 0.311 e. The van der Waals surface area contributed by atoms with E-state index in [9.17, 15) is 13.2 Å².